The SMILES string of the molecule is CC(C)NCCN1C(=O)CSC1c1cccc(F)c1. The molecular formula is C14H19FN2OS. The molecule has 1 amide bonds. The fourth-order valence-electron chi connectivity index (χ4n) is 2.11. The molecule has 5 heteroatoms. The third-order valence-electron chi connectivity index (χ3n) is 3.01. The summed E-state index contributed by atoms with van der Waals surface area (Å²) in [5.74, 6) is 0.352. The average molecular weight is 282 g/mol. The highest BCUT2D eigenvalue weighted by molar-refractivity contribution is 8.00. The number of halogens is 1. The van der Waals surface area contributed by atoms with E-state index < -0.39 is 0 Å². The summed E-state index contributed by atoms with van der Waals surface area (Å²) in [7, 11) is 0. The van der Waals surface area contributed by atoms with Crippen LogP contribution in [0.2, 0.25) is 0 Å². The lowest BCUT2D eigenvalue weighted by molar-refractivity contribution is -0.128. The summed E-state index contributed by atoms with van der Waals surface area (Å²) >= 11 is 1.56. The number of benzene rings is 1. The Bertz CT molecular complexity index is 453. The van der Waals surface area contributed by atoms with Gasteiger partial charge in [0, 0.05) is 19.1 Å². The van der Waals surface area contributed by atoms with Gasteiger partial charge in [0.15, 0.2) is 0 Å². The summed E-state index contributed by atoms with van der Waals surface area (Å²) in [6, 6.07) is 6.91. The van der Waals surface area contributed by atoms with Gasteiger partial charge in [-0.25, -0.2) is 4.39 Å². The molecule has 0 saturated carbocycles. The van der Waals surface area contributed by atoms with E-state index in [-0.39, 0.29) is 17.1 Å². The third-order valence-corrected chi connectivity index (χ3v) is 4.26. The molecule has 2 rings (SSSR count). The van der Waals surface area contributed by atoms with Gasteiger partial charge in [-0.2, -0.15) is 0 Å². The number of nitrogens with zero attached hydrogens (tertiary/aromatic N) is 1. The molecule has 1 heterocycles. The molecule has 1 aliphatic rings. The molecule has 1 aromatic rings. The topological polar surface area (TPSA) is 32.3 Å². The first-order valence-electron chi connectivity index (χ1n) is 6.48. The van der Waals surface area contributed by atoms with Crippen LogP contribution in [-0.2, 0) is 4.79 Å². The van der Waals surface area contributed by atoms with E-state index >= 15 is 0 Å². The number of nitrogens with one attached hydrogen (secondary N) is 1. The van der Waals surface area contributed by atoms with Crippen molar-refractivity contribution in [3.8, 4) is 0 Å². The first-order valence-corrected chi connectivity index (χ1v) is 7.52. The maximum atomic E-state index is 13.3. The van der Waals surface area contributed by atoms with Gasteiger partial charge in [0.05, 0.1) is 5.75 Å². The number of rotatable bonds is 5. The molecule has 1 N–H and O–H groups in total. The quantitative estimate of drug-likeness (QED) is 0.900. The molecule has 3 nitrogen and oxygen atoms in total. The number of hydrogen-bond donors (Lipinski definition) is 1. The largest absolute Gasteiger partial charge is 0.325 e. The van der Waals surface area contributed by atoms with E-state index in [2.05, 4.69) is 19.2 Å². The summed E-state index contributed by atoms with van der Waals surface area (Å²) in [6.45, 7) is 5.57. The second-order valence-electron chi connectivity index (χ2n) is 4.91. The molecule has 19 heavy (non-hydrogen) atoms. The molecule has 1 unspecified atom stereocenters. The van der Waals surface area contributed by atoms with E-state index in [1.165, 1.54) is 12.1 Å². The van der Waals surface area contributed by atoms with Gasteiger partial charge < -0.3 is 10.2 Å². The first kappa shape index (κ1) is 14.3. The summed E-state index contributed by atoms with van der Waals surface area (Å²) < 4.78 is 13.3. The van der Waals surface area contributed by atoms with E-state index in [1.54, 1.807) is 17.8 Å². The van der Waals surface area contributed by atoms with Gasteiger partial charge >= 0.3 is 0 Å². The Hall–Kier alpha value is -1.07. The van der Waals surface area contributed by atoms with E-state index in [9.17, 15) is 9.18 Å². The molecular weight excluding hydrogens is 263 g/mol. The Balaban J connectivity index is 2.04. The third kappa shape index (κ3) is 3.70. The highest BCUT2D eigenvalue weighted by atomic mass is 32.2. The van der Waals surface area contributed by atoms with E-state index in [0.29, 0.717) is 18.3 Å². The molecule has 0 aliphatic carbocycles. The van der Waals surface area contributed by atoms with Gasteiger partial charge in [0.25, 0.3) is 0 Å². The van der Waals surface area contributed by atoms with Crippen molar-refractivity contribution < 1.29 is 9.18 Å². The van der Waals surface area contributed by atoms with Crippen LogP contribution in [0.4, 0.5) is 4.39 Å². The van der Waals surface area contributed by atoms with Crippen molar-refractivity contribution in [2.24, 2.45) is 0 Å². The van der Waals surface area contributed by atoms with Crippen molar-refractivity contribution in [2.75, 3.05) is 18.8 Å². The molecule has 1 saturated heterocycles. The van der Waals surface area contributed by atoms with Crippen LogP contribution in [0, 0.1) is 5.82 Å². The lowest BCUT2D eigenvalue weighted by atomic mass is 10.2. The Morgan fingerprint density at radius 1 is 1.53 bits per heavy atom. The average Bonchev–Trinajstić information content (AvgIpc) is 2.71. The summed E-state index contributed by atoms with van der Waals surface area (Å²) in [5.41, 5.74) is 0.861. The van der Waals surface area contributed by atoms with Crippen molar-refractivity contribution in [3.63, 3.8) is 0 Å². The second kappa shape index (κ2) is 6.39. The maximum Gasteiger partial charge on any atom is 0.233 e. The van der Waals surface area contributed by atoms with Crippen LogP contribution < -0.4 is 5.32 Å². The smallest absolute Gasteiger partial charge is 0.233 e. The van der Waals surface area contributed by atoms with Crippen LogP contribution in [-0.4, -0.2) is 35.7 Å². The van der Waals surface area contributed by atoms with Crippen molar-refractivity contribution in [3.05, 3.63) is 35.6 Å². The Morgan fingerprint density at radius 2 is 2.32 bits per heavy atom. The predicted molar refractivity (Wildman–Crippen MR) is 76.5 cm³/mol. The highest BCUT2D eigenvalue weighted by Crippen LogP contribution is 2.38. The van der Waals surface area contributed by atoms with Crippen molar-refractivity contribution in [1.82, 2.24) is 10.2 Å². The van der Waals surface area contributed by atoms with Crippen LogP contribution in [0.1, 0.15) is 24.8 Å². The van der Waals surface area contributed by atoms with Crippen LogP contribution in [0.25, 0.3) is 0 Å². The minimum absolute atomic E-state index is 0.0582. The maximum absolute atomic E-state index is 13.3. The zero-order valence-electron chi connectivity index (χ0n) is 11.2. The summed E-state index contributed by atoms with van der Waals surface area (Å²) in [5, 5.41) is 3.24. The second-order valence-corrected chi connectivity index (χ2v) is 5.98. The zero-order valence-corrected chi connectivity index (χ0v) is 12.0. The molecule has 1 atom stereocenters. The van der Waals surface area contributed by atoms with Crippen molar-refractivity contribution in [2.45, 2.75) is 25.3 Å². The Morgan fingerprint density at radius 3 is 3.00 bits per heavy atom. The van der Waals surface area contributed by atoms with Gasteiger partial charge in [-0.1, -0.05) is 26.0 Å². The van der Waals surface area contributed by atoms with Gasteiger partial charge in [-0.3, -0.25) is 4.79 Å². The van der Waals surface area contributed by atoms with Crippen LogP contribution >= 0.6 is 11.8 Å². The number of carbonyl (C=O) groups is 1. The fourth-order valence-corrected chi connectivity index (χ4v) is 3.31. The van der Waals surface area contributed by atoms with Gasteiger partial charge in [0.2, 0.25) is 5.91 Å². The fraction of sp³-hybridized carbons (Fsp3) is 0.500. The summed E-state index contributed by atoms with van der Waals surface area (Å²) in [6.07, 6.45) is 0. The normalized spacial score (nSPS) is 19.5. The van der Waals surface area contributed by atoms with Gasteiger partial charge in [-0.05, 0) is 17.7 Å². The minimum atomic E-state index is -0.252. The van der Waals surface area contributed by atoms with E-state index in [4.69, 9.17) is 0 Å². The van der Waals surface area contributed by atoms with Gasteiger partial charge in [-0.15, -0.1) is 11.8 Å². The lowest BCUT2D eigenvalue weighted by Gasteiger charge is -2.25. The van der Waals surface area contributed by atoms with E-state index in [1.807, 2.05) is 11.0 Å². The minimum Gasteiger partial charge on any atom is -0.325 e. The summed E-state index contributed by atoms with van der Waals surface area (Å²) in [4.78, 5) is 13.7. The lowest BCUT2D eigenvalue weighted by Crippen LogP contribution is -2.37. The van der Waals surface area contributed by atoms with E-state index in [0.717, 1.165) is 12.1 Å². The van der Waals surface area contributed by atoms with Crippen LogP contribution in [0.5, 0.6) is 0 Å². The standard InChI is InChI=1S/C14H19FN2OS/c1-10(2)16-6-7-17-13(18)9-19-14(17)11-4-3-5-12(15)8-11/h3-5,8,10,14,16H,6-7,9H2,1-2H3. The van der Waals surface area contributed by atoms with Crippen molar-refractivity contribution >= 4 is 17.7 Å². The molecule has 0 spiro atoms. The van der Waals surface area contributed by atoms with Crippen LogP contribution in [0.15, 0.2) is 24.3 Å². The number of hydrogen-bond acceptors (Lipinski definition) is 3. The first-order chi connectivity index (χ1) is 9.08. The zero-order chi connectivity index (χ0) is 13.8. The predicted octanol–water partition coefficient (Wildman–Crippen LogP) is 2.40. The molecule has 1 aromatic carbocycles. The highest BCUT2D eigenvalue weighted by Gasteiger charge is 2.32. The molecule has 0 radical (unpaired) electrons. The monoisotopic (exact) mass is 282 g/mol. The van der Waals surface area contributed by atoms with Gasteiger partial charge in [0.1, 0.15) is 11.2 Å². The Kier molecular flexibility index (Phi) is 4.82. The molecule has 1 fully saturated rings. The van der Waals surface area contributed by atoms with Crippen LogP contribution in [0.3, 0.4) is 0 Å². The number of carbonyl (C=O) groups excluding carboxylic acids is 1. The Labute approximate surface area is 117 Å². The van der Waals surface area contributed by atoms with Crippen molar-refractivity contribution in [1.29, 1.82) is 0 Å². The molecule has 104 valence electrons. The number of amides is 1. The molecule has 0 bridgehead atoms. The molecule has 1 aliphatic heterocycles. The molecule has 0 aromatic heterocycles. The number of thioether (sulfide) groups is 1.